The molecule has 9 heteroatoms. The molecule has 0 radical (unpaired) electrons. The third-order valence-corrected chi connectivity index (χ3v) is 5.80. The van der Waals surface area contributed by atoms with Crippen LogP contribution >= 0.6 is 0 Å². The van der Waals surface area contributed by atoms with Crippen LogP contribution < -0.4 is 16.0 Å². The average molecular weight is 446 g/mol. The second kappa shape index (κ2) is 8.09. The maximum Gasteiger partial charge on any atom is 0.337 e. The van der Waals surface area contributed by atoms with Gasteiger partial charge >= 0.3 is 11.7 Å². The first-order chi connectivity index (χ1) is 16.0. The second-order valence-corrected chi connectivity index (χ2v) is 7.96. The number of hydrogen-bond donors (Lipinski definition) is 0. The van der Waals surface area contributed by atoms with Gasteiger partial charge in [-0.15, -0.1) is 0 Å². The van der Waals surface area contributed by atoms with Crippen LogP contribution in [0.15, 0.2) is 64.4 Å². The van der Waals surface area contributed by atoms with Crippen LogP contribution in [-0.4, -0.2) is 38.9 Å². The van der Waals surface area contributed by atoms with Crippen LogP contribution in [0.3, 0.4) is 0 Å². The number of esters is 1. The van der Waals surface area contributed by atoms with Gasteiger partial charge in [-0.25, -0.2) is 19.1 Å². The van der Waals surface area contributed by atoms with E-state index in [1.165, 1.54) is 16.2 Å². The molecule has 2 aromatic carbocycles. The molecular weight excluding hydrogens is 424 g/mol. The summed E-state index contributed by atoms with van der Waals surface area (Å²) in [6.07, 6.45) is 3.15. The number of rotatable bonds is 6. The van der Waals surface area contributed by atoms with E-state index < -0.39 is 11.7 Å². The van der Waals surface area contributed by atoms with Crippen molar-refractivity contribution >= 4 is 17.1 Å². The van der Waals surface area contributed by atoms with Crippen molar-refractivity contribution in [1.29, 1.82) is 0 Å². The molecule has 5 rings (SSSR count). The summed E-state index contributed by atoms with van der Waals surface area (Å²) in [6, 6.07) is 14.0. The molecule has 4 aromatic rings. The highest BCUT2D eigenvalue weighted by Crippen LogP contribution is 2.32. The summed E-state index contributed by atoms with van der Waals surface area (Å²) in [6.45, 7) is 0.355. The maximum absolute atomic E-state index is 13.4. The number of carbonyl (C=O) groups excluding carboxylic acids is 1. The summed E-state index contributed by atoms with van der Waals surface area (Å²) in [5.41, 5.74) is 1.78. The first kappa shape index (κ1) is 20.7. The highest BCUT2D eigenvalue weighted by molar-refractivity contribution is 5.89. The normalized spacial score (nSPS) is 13.3. The fraction of sp³-hybridized carbons (Fsp3) is 0.250. The molecule has 168 valence electrons. The third-order valence-electron chi connectivity index (χ3n) is 5.80. The van der Waals surface area contributed by atoms with Crippen molar-refractivity contribution in [3.63, 3.8) is 0 Å². The largest absolute Gasteiger partial charge is 0.497 e. The van der Waals surface area contributed by atoms with Gasteiger partial charge in [-0.3, -0.25) is 9.36 Å². The summed E-state index contributed by atoms with van der Waals surface area (Å²) in [4.78, 5) is 42.9. The first-order valence-electron chi connectivity index (χ1n) is 10.6. The molecular formula is C24H22N4O5. The molecule has 0 spiro atoms. The summed E-state index contributed by atoms with van der Waals surface area (Å²) >= 11 is 0. The predicted octanol–water partition coefficient (Wildman–Crippen LogP) is 2.53. The number of carbonyl (C=O) groups is 1. The Morgan fingerprint density at radius 3 is 2.52 bits per heavy atom. The quantitative estimate of drug-likeness (QED) is 0.422. The second-order valence-electron chi connectivity index (χ2n) is 7.96. The van der Waals surface area contributed by atoms with Crippen LogP contribution in [0.2, 0.25) is 0 Å². The van der Waals surface area contributed by atoms with E-state index in [0.717, 1.165) is 18.4 Å². The van der Waals surface area contributed by atoms with Crippen LogP contribution in [0.1, 0.15) is 34.8 Å². The monoisotopic (exact) mass is 446 g/mol. The van der Waals surface area contributed by atoms with Crippen molar-refractivity contribution in [2.75, 3.05) is 14.2 Å². The molecule has 9 nitrogen and oxygen atoms in total. The number of nitrogens with zero attached hydrogens (tertiary/aromatic N) is 4. The van der Waals surface area contributed by atoms with Crippen molar-refractivity contribution in [3.8, 4) is 11.4 Å². The molecule has 1 aliphatic rings. The number of methoxy groups -OCH3 is 2. The Kier molecular flexibility index (Phi) is 5.08. The fourth-order valence-corrected chi connectivity index (χ4v) is 3.97. The van der Waals surface area contributed by atoms with Gasteiger partial charge in [-0.1, -0.05) is 18.2 Å². The predicted molar refractivity (Wildman–Crippen MR) is 121 cm³/mol. The third kappa shape index (κ3) is 3.61. The van der Waals surface area contributed by atoms with Crippen LogP contribution in [-0.2, 0) is 11.3 Å². The van der Waals surface area contributed by atoms with Gasteiger partial charge in [0.25, 0.3) is 5.56 Å². The van der Waals surface area contributed by atoms with E-state index in [1.807, 2.05) is 0 Å². The molecule has 1 saturated carbocycles. The van der Waals surface area contributed by atoms with E-state index in [2.05, 4.69) is 4.98 Å². The zero-order valence-corrected chi connectivity index (χ0v) is 18.2. The Morgan fingerprint density at radius 2 is 1.85 bits per heavy atom. The van der Waals surface area contributed by atoms with Gasteiger partial charge in [0.05, 0.1) is 31.8 Å². The van der Waals surface area contributed by atoms with Gasteiger partial charge in [-0.05, 0) is 42.7 Å². The molecule has 1 aliphatic carbocycles. The molecule has 1 fully saturated rings. The molecule has 2 heterocycles. The molecule has 0 bridgehead atoms. The molecule has 0 unspecified atom stereocenters. The van der Waals surface area contributed by atoms with Gasteiger partial charge in [0.2, 0.25) is 0 Å². The minimum Gasteiger partial charge on any atom is -0.497 e. The van der Waals surface area contributed by atoms with Crippen molar-refractivity contribution in [1.82, 2.24) is 18.7 Å². The molecule has 0 aliphatic heterocycles. The number of hydrogen-bond acceptors (Lipinski definition) is 6. The molecule has 2 aromatic heterocycles. The number of aromatic nitrogens is 4. The molecule has 0 saturated heterocycles. The van der Waals surface area contributed by atoms with Gasteiger partial charge in [-0.2, -0.15) is 0 Å². The van der Waals surface area contributed by atoms with E-state index in [4.69, 9.17) is 9.47 Å². The lowest BCUT2D eigenvalue weighted by Gasteiger charge is -2.13. The summed E-state index contributed by atoms with van der Waals surface area (Å²) < 4.78 is 14.6. The van der Waals surface area contributed by atoms with Gasteiger partial charge in [0.1, 0.15) is 5.75 Å². The average Bonchev–Trinajstić information content (AvgIpc) is 3.59. The van der Waals surface area contributed by atoms with Gasteiger partial charge in [0.15, 0.2) is 11.2 Å². The highest BCUT2D eigenvalue weighted by atomic mass is 16.5. The van der Waals surface area contributed by atoms with Gasteiger partial charge < -0.3 is 14.0 Å². The van der Waals surface area contributed by atoms with E-state index in [1.54, 1.807) is 66.5 Å². The Morgan fingerprint density at radius 1 is 1.09 bits per heavy atom. The van der Waals surface area contributed by atoms with E-state index >= 15 is 0 Å². The zero-order valence-electron chi connectivity index (χ0n) is 18.2. The number of imidazole rings is 1. The SMILES string of the molecule is COC(=O)c1ccc(Cn2cnc3c2c(=O)n(C2CC2)c(=O)n3-c2cccc(OC)c2)cc1. The Balaban J connectivity index is 1.66. The van der Waals surface area contributed by atoms with Crippen LogP contribution in [0.4, 0.5) is 0 Å². The number of ether oxygens (including phenoxy) is 2. The van der Waals surface area contributed by atoms with E-state index in [-0.39, 0.29) is 11.6 Å². The lowest BCUT2D eigenvalue weighted by Crippen LogP contribution is -2.39. The standard InChI is InChI=1S/C24H22N4O5/c1-32-19-5-3-4-18(12-19)27-21-20(22(29)28(24(27)31)17-10-11-17)26(14-25-21)13-15-6-8-16(9-7-15)23(30)33-2/h3-9,12,14,17H,10-11,13H2,1-2H3. The lowest BCUT2D eigenvalue weighted by atomic mass is 10.1. The fourth-order valence-electron chi connectivity index (χ4n) is 3.97. The first-order valence-corrected chi connectivity index (χ1v) is 10.6. The minimum absolute atomic E-state index is 0.103. The summed E-state index contributed by atoms with van der Waals surface area (Å²) in [5.74, 6) is 0.186. The number of benzene rings is 2. The van der Waals surface area contributed by atoms with Crippen LogP contribution in [0.25, 0.3) is 16.9 Å². The Bertz CT molecular complexity index is 1480. The molecule has 0 atom stereocenters. The lowest BCUT2D eigenvalue weighted by molar-refractivity contribution is 0.0600. The van der Waals surface area contributed by atoms with E-state index in [9.17, 15) is 14.4 Å². The Hall–Kier alpha value is -4.14. The van der Waals surface area contributed by atoms with Crippen molar-refractivity contribution < 1.29 is 14.3 Å². The number of fused-ring (bicyclic) bond motifs is 1. The van der Waals surface area contributed by atoms with Crippen molar-refractivity contribution in [2.45, 2.75) is 25.4 Å². The molecule has 33 heavy (non-hydrogen) atoms. The topological polar surface area (TPSA) is 97.4 Å². The maximum atomic E-state index is 13.4. The van der Waals surface area contributed by atoms with Crippen LogP contribution in [0, 0.1) is 0 Å². The van der Waals surface area contributed by atoms with Gasteiger partial charge in [0, 0.05) is 18.7 Å². The zero-order chi connectivity index (χ0) is 23.1. The van der Waals surface area contributed by atoms with Crippen molar-refractivity contribution in [2.24, 2.45) is 0 Å². The van der Waals surface area contributed by atoms with Crippen LogP contribution in [0.5, 0.6) is 5.75 Å². The van der Waals surface area contributed by atoms with Crippen molar-refractivity contribution in [3.05, 3.63) is 86.8 Å². The highest BCUT2D eigenvalue weighted by Gasteiger charge is 2.30. The molecule has 0 N–H and O–H groups in total. The minimum atomic E-state index is -0.413. The summed E-state index contributed by atoms with van der Waals surface area (Å²) in [5, 5.41) is 0. The van der Waals surface area contributed by atoms with E-state index in [0.29, 0.717) is 34.7 Å². The molecule has 0 amide bonds. The Labute approximate surface area is 188 Å². The summed E-state index contributed by atoms with van der Waals surface area (Å²) in [7, 11) is 2.89. The smallest absolute Gasteiger partial charge is 0.337 e.